The number of rotatable bonds is 8. The van der Waals surface area contributed by atoms with Crippen LogP contribution in [0.15, 0.2) is 82.3 Å². The maximum Gasteiger partial charge on any atom is 0.241 e. The number of hydrogen-bond donors (Lipinski definition) is 1. The predicted molar refractivity (Wildman–Crippen MR) is 110 cm³/mol. The number of sulfonamides is 1. The molecule has 1 amide bonds. The van der Waals surface area contributed by atoms with Crippen LogP contribution in [0.1, 0.15) is 29.3 Å². The zero-order valence-corrected chi connectivity index (χ0v) is 17.2. The number of aryl methyl sites for hydroxylation is 1. The molecule has 3 rings (SSSR count). The van der Waals surface area contributed by atoms with Crippen molar-refractivity contribution in [2.45, 2.75) is 30.8 Å². The van der Waals surface area contributed by atoms with Gasteiger partial charge in [0.15, 0.2) is 0 Å². The lowest BCUT2D eigenvalue weighted by Gasteiger charge is -2.21. The van der Waals surface area contributed by atoms with Gasteiger partial charge in [0.25, 0.3) is 0 Å². The van der Waals surface area contributed by atoms with Crippen molar-refractivity contribution in [3.8, 4) is 0 Å². The molecule has 6 nitrogen and oxygen atoms in total. The third-order valence-electron chi connectivity index (χ3n) is 4.58. The van der Waals surface area contributed by atoms with Crippen LogP contribution < -0.4 is 4.72 Å². The molecule has 0 bridgehead atoms. The number of nitrogens with zero attached hydrogens (tertiary/aromatic N) is 1. The van der Waals surface area contributed by atoms with Crippen LogP contribution in [0.2, 0.25) is 0 Å². The molecule has 29 heavy (non-hydrogen) atoms. The molecule has 0 radical (unpaired) electrons. The predicted octanol–water partition coefficient (Wildman–Crippen LogP) is 3.66. The highest BCUT2D eigenvalue weighted by atomic mass is 32.2. The van der Waals surface area contributed by atoms with E-state index >= 15 is 0 Å². The molecule has 2 aromatic carbocycles. The molecule has 1 heterocycles. The molecular formula is C22H24N2O4S. The first-order valence-electron chi connectivity index (χ1n) is 9.25. The Kier molecular flexibility index (Phi) is 6.51. The molecule has 0 spiro atoms. The molecule has 0 fully saturated rings. The number of amides is 1. The maximum atomic E-state index is 12.8. The molecule has 1 atom stereocenters. The van der Waals surface area contributed by atoms with Crippen molar-refractivity contribution in [3.05, 3.63) is 89.9 Å². The van der Waals surface area contributed by atoms with E-state index in [1.54, 1.807) is 48.3 Å². The Morgan fingerprint density at radius 3 is 2.34 bits per heavy atom. The number of carbonyl (C=O) groups is 1. The fourth-order valence-corrected chi connectivity index (χ4v) is 4.14. The number of hydrogen-bond acceptors (Lipinski definition) is 4. The molecule has 7 heteroatoms. The van der Waals surface area contributed by atoms with Gasteiger partial charge < -0.3 is 9.32 Å². The van der Waals surface area contributed by atoms with Crippen molar-refractivity contribution in [1.29, 1.82) is 0 Å². The van der Waals surface area contributed by atoms with Gasteiger partial charge in [-0.2, -0.15) is 4.72 Å². The summed E-state index contributed by atoms with van der Waals surface area (Å²) in [4.78, 5) is 14.5. The Hall–Kier alpha value is -2.90. The highest BCUT2D eigenvalue weighted by Crippen LogP contribution is 2.22. The SMILES string of the molecule is Cc1ccc(S(=O)(=O)N[C@H](CC(=O)N(C)Cc2ccccc2)c2ccco2)cc1. The maximum absolute atomic E-state index is 12.8. The van der Waals surface area contributed by atoms with Gasteiger partial charge in [-0.3, -0.25) is 4.79 Å². The van der Waals surface area contributed by atoms with Crippen LogP contribution in [0.3, 0.4) is 0 Å². The Bertz CT molecular complexity index is 1030. The average molecular weight is 413 g/mol. The Balaban J connectivity index is 1.75. The molecule has 0 aliphatic rings. The van der Waals surface area contributed by atoms with Gasteiger partial charge in [0, 0.05) is 13.6 Å². The van der Waals surface area contributed by atoms with E-state index in [-0.39, 0.29) is 17.2 Å². The van der Waals surface area contributed by atoms with Crippen LogP contribution in [0.5, 0.6) is 0 Å². The first kappa shape index (κ1) is 20.8. The topological polar surface area (TPSA) is 79.6 Å². The standard InChI is InChI=1S/C22H24N2O4S/c1-17-10-12-19(13-11-17)29(26,27)23-20(21-9-6-14-28-21)15-22(25)24(2)16-18-7-4-3-5-8-18/h3-14,20,23H,15-16H2,1-2H3/t20-/m1/s1. The summed E-state index contributed by atoms with van der Waals surface area (Å²) in [5.41, 5.74) is 1.96. The van der Waals surface area contributed by atoms with Crippen LogP contribution in [-0.4, -0.2) is 26.3 Å². The zero-order chi connectivity index (χ0) is 20.9. The lowest BCUT2D eigenvalue weighted by molar-refractivity contribution is -0.131. The minimum Gasteiger partial charge on any atom is -0.468 e. The molecule has 1 N–H and O–H groups in total. The fourth-order valence-electron chi connectivity index (χ4n) is 2.94. The molecule has 0 saturated carbocycles. The van der Waals surface area contributed by atoms with Crippen molar-refractivity contribution < 1.29 is 17.6 Å². The van der Waals surface area contributed by atoms with Crippen LogP contribution in [0.25, 0.3) is 0 Å². The summed E-state index contributed by atoms with van der Waals surface area (Å²) in [6.45, 7) is 2.33. The summed E-state index contributed by atoms with van der Waals surface area (Å²) in [6.07, 6.45) is 1.41. The van der Waals surface area contributed by atoms with Gasteiger partial charge >= 0.3 is 0 Å². The van der Waals surface area contributed by atoms with Gasteiger partial charge in [0.1, 0.15) is 5.76 Å². The number of benzene rings is 2. The lowest BCUT2D eigenvalue weighted by atomic mass is 10.1. The molecule has 3 aromatic rings. The van der Waals surface area contributed by atoms with E-state index in [2.05, 4.69) is 4.72 Å². The normalized spacial score (nSPS) is 12.5. The minimum atomic E-state index is -3.81. The van der Waals surface area contributed by atoms with E-state index in [0.29, 0.717) is 12.3 Å². The van der Waals surface area contributed by atoms with Crippen LogP contribution in [0.4, 0.5) is 0 Å². The monoisotopic (exact) mass is 412 g/mol. The second-order valence-electron chi connectivity index (χ2n) is 6.94. The summed E-state index contributed by atoms with van der Waals surface area (Å²) in [6, 6.07) is 18.7. The third kappa shape index (κ3) is 5.56. The smallest absolute Gasteiger partial charge is 0.241 e. The van der Waals surface area contributed by atoms with Gasteiger partial charge in [-0.25, -0.2) is 8.42 Å². The molecule has 0 aliphatic heterocycles. The highest BCUT2D eigenvalue weighted by molar-refractivity contribution is 7.89. The Morgan fingerprint density at radius 1 is 1.03 bits per heavy atom. The highest BCUT2D eigenvalue weighted by Gasteiger charge is 2.26. The van der Waals surface area contributed by atoms with Gasteiger partial charge in [-0.1, -0.05) is 48.0 Å². The van der Waals surface area contributed by atoms with E-state index in [0.717, 1.165) is 11.1 Å². The van der Waals surface area contributed by atoms with E-state index < -0.39 is 16.1 Å². The van der Waals surface area contributed by atoms with Crippen molar-refractivity contribution in [1.82, 2.24) is 9.62 Å². The van der Waals surface area contributed by atoms with Gasteiger partial charge in [-0.05, 0) is 36.8 Å². The summed E-state index contributed by atoms with van der Waals surface area (Å²) < 4.78 is 33.6. The molecule has 0 aliphatic carbocycles. The summed E-state index contributed by atoms with van der Waals surface area (Å²) in [5, 5.41) is 0. The molecule has 1 aromatic heterocycles. The van der Waals surface area contributed by atoms with E-state index in [9.17, 15) is 13.2 Å². The number of carbonyl (C=O) groups excluding carboxylic acids is 1. The van der Waals surface area contributed by atoms with Crippen molar-refractivity contribution in [3.63, 3.8) is 0 Å². The van der Waals surface area contributed by atoms with Crippen molar-refractivity contribution >= 4 is 15.9 Å². The fraction of sp³-hybridized carbons (Fsp3) is 0.227. The van der Waals surface area contributed by atoms with Gasteiger partial charge in [0.2, 0.25) is 15.9 Å². The van der Waals surface area contributed by atoms with Crippen molar-refractivity contribution in [2.75, 3.05) is 7.05 Å². The molecular weight excluding hydrogens is 388 g/mol. The minimum absolute atomic E-state index is 0.0536. The van der Waals surface area contributed by atoms with Crippen LogP contribution in [-0.2, 0) is 21.4 Å². The molecule has 0 unspecified atom stereocenters. The molecule has 0 saturated heterocycles. The van der Waals surface area contributed by atoms with Crippen LogP contribution in [0, 0.1) is 6.92 Å². The summed E-state index contributed by atoms with van der Waals surface area (Å²) in [5.74, 6) is 0.198. The first-order valence-corrected chi connectivity index (χ1v) is 10.7. The Labute approximate surface area is 171 Å². The largest absolute Gasteiger partial charge is 0.468 e. The van der Waals surface area contributed by atoms with Gasteiger partial charge in [-0.15, -0.1) is 0 Å². The molecule has 152 valence electrons. The van der Waals surface area contributed by atoms with Crippen LogP contribution >= 0.6 is 0 Å². The average Bonchev–Trinajstić information content (AvgIpc) is 3.23. The second-order valence-corrected chi connectivity index (χ2v) is 8.66. The quantitative estimate of drug-likeness (QED) is 0.612. The first-order chi connectivity index (χ1) is 13.8. The zero-order valence-electron chi connectivity index (χ0n) is 16.4. The second kappa shape index (κ2) is 9.07. The van der Waals surface area contributed by atoms with E-state index in [4.69, 9.17) is 4.42 Å². The Morgan fingerprint density at radius 2 is 1.72 bits per heavy atom. The number of furan rings is 1. The van der Waals surface area contributed by atoms with Gasteiger partial charge in [0.05, 0.1) is 23.6 Å². The number of nitrogens with one attached hydrogen (secondary N) is 1. The lowest BCUT2D eigenvalue weighted by Crippen LogP contribution is -2.34. The third-order valence-corrected chi connectivity index (χ3v) is 6.07. The van der Waals surface area contributed by atoms with Crippen molar-refractivity contribution in [2.24, 2.45) is 0 Å². The summed E-state index contributed by atoms with van der Waals surface area (Å²) >= 11 is 0. The summed E-state index contributed by atoms with van der Waals surface area (Å²) in [7, 11) is -2.12. The van der Waals surface area contributed by atoms with E-state index in [1.807, 2.05) is 37.3 Å². The van der Waals surface area contributed by atoms with E-state index in [1.165, 1.54) is 6.26 Å².